The van der Waals surface area contributed by atoms with Gasteiger partial charge in [0.05, 0.1) is 11.1 Å². The third-order valence-electron chi connectivity index (χ3n) is 3.05. The molecule has 0 saturated carbocycles. The first-order valence-corrected chi connectivity index (χ1v) is 6.47. The average molecular weight is 252 g/mol. The van der Waals surface area contributed by atoms with Crippen molar-refractivity contribution in [3.63, 3.8) is 0 Å². The molecule has 1 unspecified atom stereocenters. The highest BCUT2D eigenvalue weighted by molar-refractivity contribution is 6.35. The molecule has 0 aliphatic carbocycles. The van der Waals surface area contributed by atoms with Crippen molar-refractivity contribution < 1.29 is 4.42 Å². The molecule has 1 heterocycles. The number of halogens is 1. The molecule has 1 aromatic heterocycles. The molecule has 2 rings (SSSR count). The molecule has 92 valence electrons. The van der Waals surface area contributed by atoms with Crippen LogP contribution in [0.15, 0.2) is 22.6 Å². The highest BCUT2D eigenvalue weighted by Gasteiger charge is 2.15. The first-order chi connectivity index (χ1) is 8.17. The van der Waals surface area contributed by atoms with Gasteiger partial charge in [-0.1, -0.05) is 31.5 Å². The van der Waals surface area contributed by atoms with Crippen molar-refractivity contribution >= 4 is 22.6 Å². The lowest BCUT2D eigenvalue weighted by molar-refractivity contribution is 0.428. The van der Waals surface area contributed by atoms with E-state index in [0.717, 1.165) is 40.3 Å². The van der Waals surface area contributed by atoms with Crippen molar-refractivity contribution in [3.8, 4) is 0 Å². The van der Waals surface area contributed by atoms with E-state index in [2.05, 4.69) is 25.2 Å². The lowest BCUT2D eigenvalue weighted by Crippen LogP contribution is -2.19. The minimum absolute atomic E-state index is 0.267. The molecule has 0 bridgehead atoms. The number of furan rings is 1. The van der Waals surface area contributed by atoms with Crippen LogP contribution in [0.5, 0.6) is 0 Å². The van der Waals surface area contributed by atoms with E-state index in [1.165, 1.54) is 0 Å². The monoisotopic (exact) mass is 251 g/mol. The van der Waals surface area contributed by atoms with Crippen molar-refractivity contribution in [3.05, 3.63) is 34.5 Å². The minimum Gasteiger partial charge on any atom is -0.459 e. The van der Waals surface area contributed by atoms with Crippen LogP contribution in [0, 0.1) is 6.92 Å². The number of rotatable bonds is 4. The first-order valence-electron chi connectivity index (χ1n) is 6.09. The van der Waals surface area contributed by atoms with E-state index in [4.69, 9.17) is 16.0 Å². The molecule has 0 spiro atoms. The Morgan fingerprint density at radius 3 is 2.71 bits per heavy atom. The van der Waals surface area contributed by atoms with Crippen LogP contribution in [-0.4, -0.2) is 6.54 Å². The van der Waals surface area contributed by atoms with Crippen LogP contribution in [0.2, 0.25) is 5.02 Å². The third-order valence-corrected chi connectivity index (χ3v) is 3.38. The van der Waals surface area contributed by atoms with Crippen LogP contribution in [0.1, 0.15) is 37.6 Å². The summed E-state index contributed by atoms with van der Waals surface area (Å²) in [6.45, 7) is 7.22. The molecule has 0 radical (unpaired) electrons. The fourth-order valence-corrected chi connectivity index (χ4v) is 2.31. The Labute approximate surface area is 107 Å². The maximum Gasteiger partial charge on any atom is 0.138 e. The van der Waals surface area contributed by atoms with Gasteiger partial charge in [-0.05, 0) is 37.6 Å². The van der Waals surface area contributed by atoms with Gasteiger partial charge < -0.3 is 9.73 Å². The van der Waals surface area contributed by atoms with E-state index in [9.17, 15) is 0 Å². The molecule has 1 N–H and O–H groups in total. The van der Waals surface area contributed by atoms with Crippen LogP contribution in [-0.2, 0) is 0 Å². The number of hydrogen-bond acceptors (Lipinski definition) is 2. The number of fused-ring (bicyclic) bond motifs is 1. The van der Waals surface area contributed by atoms with Crippen LogP contribution >= 0.6 is 11.6 Å². The topological polar surface area (TPSA) is 25.2 Å². The molecule has 2 nitrogen and oxygen atoms in total. The third kappa shape index (κ3) is 2.33. The summed E-state index contributed by atoms with van der Waals surface area (Å²) in [5.74, 6) is 0.973. The summed E-state index contributed by atoms with van der Waals surface area (Å²) < 4.78 is 5.94. The molecule has 0 saturated heterocycles. The van der Waals surface area contributed by atoms with Crippen LogP contribution in [0.4, 0.5) is 0 Å². The SMILES string of the molecule is CCNC(CC)c1cc2c(Cl)ccc(C)c2o1. The van der Waals surface area contributed by atoms with E-state index in [1.54, 1.807) is 0 Å². The van der Waals surface area contributed by atoms with Gasteiger partial charge in [0.15, 0.2) is 0 Å². The van der Waals surface area contributed by atoms with Crippen LogP contribution in [0.3, 0.4) is 0 Å². The van der Waals surface area contributed by atoms with E-state index in [1.807, 2.05) is 19.1 Å². The Morgan fingerprint density at radius 1 is 1.35 bits per heavy atom. The van der Waals surface area contributed by atoms with Crippen molar-refractivity contribution in [2.24, 2.45) is 0 Å². The molecule has 0 amide bonds. The summed E-state index contributed by atoms with van der Waals surface area (Å²) in [5, 5.41) is 5.18. The summed E-state index contributed by atoms with van der Waals surface area (Å²) in [5.41, 5.74) is 2.03. The minimum atomic E-state index is 0.267. The Morgan fingerprint density at radius 2 is 2.12 bits per heavy atom. The zero-order chi connectivity index (χ0) is 12.4. The normalized spacial score (nSPS) is 13.2. The predicted octanol–water partition coefficient (Wildman–Crippen LogP) is 4.46. The maximum atomic E-state index is 6.19. The Kier molecular flexibility index (Phi) is 3.75. The summed E-state index contributed by atoms with van der Waals surface area (Å²) in [7, 11) is 0. The number of aryl methyl sites for hydroxylation is 1. The lowest BCUT2D eigenvalue weighted by Gasteiger charge is -2.12. The summed E-state index contributed by atoms with van der Waals surface area (Å²) in [4.78, 5) is 0. The largest absolute Gasteiger partial charge is 0.459 e. The van der Waals surface area contributed by atoms with Gasteiger partial charge in [-0.25, -0.2) is 0 Å². The van der Waals surface area contributed by atoms with E-state index in [0.29, 0.717) is 0 Å². The quantitative estimate of drug-likeness (QED) is 0.868. The van der Waals surface area contributed by atoms with Crippen molar-refractivity contribution in [2.75, 3.05) is 6.54 Å². The second kappa shape index (κ2) is 5.11. The zero-order valence-corrected chi connectivity index (χ0v) is 11.3. The summed E-state index contributed by atoms with van der Waals surface area (Å²) >= 11 is 6.19. The summed E-state index contributed by atoms with van der Waals surface area (Å²) in [6.07, 6.45) is 1.00. The summed E-state index contributed by atoms with van der Waals surface area (Å²) in [6, 6.07) is 6.24. The van der Waals surface area contributed by atoms with Gasteiger partial charge in [0.1, 0.15) is 11.3 Å². The zero-order valence-electron chi connectivity index (χ0n) is 10.5. The molecule has 0 aliphatic heterocycles. The van der Waals surface area contributed by atoms with Gasteiger partial charge in [-0.3, -0.25) is 0 Å². The second-order valence-electron chi connectivity index (χ2n) is 4.27. The Hall–Kier alpha value is -0.990. The molecule has 1 atom stereocenters. The van der Waals surface area contributed by atoms with E-state index < -0.39 is 0 Å². The maximum absolute atomic E-state index is 6.19. The Balaban J connectivity index is 2.50. The molecular weight excluding hydrogens is 234 g/mol. The van der Waals surface area contributed by atoms with Crippen LogP contribution < -0.4 is 5.32 Å². The number of nitrogens with one attached hydrogen (secondary N) is 1. The van der Waals surface area contributed by atoms with Crippen molar-refractivity contribution in [1.29, 1.82) is 0 Å². The van der Waals surface area contributed by atoms with Gasteiger partial charge in [0, 0.05) is 5.39 Å². The molecule has 1 aromatic carbocycles. The highest BCUT2D eigenvalue weighted by Crippen LogP contribution is 2.32. The van der Waals surface area contributed by atoms with Crippen molar-refractivity contribution in [2.45, 2.75) is 33.2 Å². The Bertz CT molecular complexity index is 479. The average Bonchev–Trinajstić information content (AvgIpc) is 2.77. The van der Waals surface area contributed by atoms with Crippen molar-refractivity contribution in [1.82, 2.24) is 5.32 Å². The van der Waals surface area contributed by atoms with Gasteiger partial charge in [-0.2, -0.15) is 0 Å². The van der Waals surface area contributed by atoms with Gasteiger partial charge in [0.2, 0.25) is 0 Å². The second-order valence-corrected chi connectivity index (χ2v) is 4.68. The van der Waals surface area contributed by atoms with E-state index in [-0.39, 0.29) is 6.04 Å². The lowest BCUT2D eigenvalue weighted by atomic mass is 10.1. The molecule has 0 aliphatic rings. The first kappa shape index (κ1) is 12.5. The number of benzene rings is 1. The molecule has 17 heavy (non-hydrogen) atoms. The standard InChI is InChI=1S/C14H18ClNO/c1-4-12(16-5-2)13-8-10-11(15)7-6-9(3)14(10)17-13/h6-8,12,16H,4-5H2,1-3H3. The fraction of sp³-hybridized carbons (Fsp3) is 0.429. The molecule has 2 aromatic rings. The van der Waals surface area contributed by atoms with Gasteiger partial charge >= 0.3 is 0 Å². The highest BCUT2D eigenvalue weighted by atomic mass is 35.5. The smallest absolute Gasteiger partial charge is 0.138 e. The fourth-order valence-electron chi connectivity index (χ4n) is 2.11. The van der Waals surface area contributed by atoms with Crippen LogP contribution in [0.25, 0.3) is 11.0 Å². The molecule has 0 fully saturated rings. The van der Waals surface area contributed by atoms with Gasteiger partial charge in [-0.15, -0.1) is 0 Å². The predicted molar refractivity (Wildman–Crippen MR) is 72.7 cm³/mol. The van der Waals surface area contributed by atoms with E-state index >= 15 is 0 Å². The number of hydrogen-bond donors (Lipinski definition) is 1. The molecular formula is C14H18ClNO. The molecule has 3 heteroatoms. The van der Waals surface area contributed by atoms with Gasteiger partial charge in [0.25, 0.3) is 0 Å².